The van der Waals surface area contributed by atoms with Crippen LogP contribution in [0, 0.1) is 5.92 Å². The minimum absolute atomic E-state index is 0.149. The van der Waals surface area contributed by atoms with Crippen molar-refractivity contribution in [3.8, 4) is 0 Å². The van der Waals surface area contributed by atoms with E-state index in [2.05, 4.69) is 16.0 Å². The molecule has 178 valence electrons. The summed E-state index contributed by atoms with van der Waals surface area (Å²) < 4.78 is 5.09. The van der Waals surface area contributed by atoms with Crippen LogP contribution < -0.4 is 26.9 Å². The largest absolute Gasteiger partial charge is 0.445 e. The lowest BCUT2D eigenvalue weighted by molar-refractivity contribution is -0.132. The first kappa shape index (κ1) is 26.7. The molecule has 32 heavy (non-hydrogen) atoms. The molecule has 1 rings (SSSR count). The van der Waals surface area contributed by atoms with Gasteiger partial charge in [0.2, 0.25) is 0 Å². The van der Waals surface area contributed by atoms with Crippen molar-refractivity contribution in [3.63, 3.8) is 0 Å². The molecule has 0 bridgehead atoms. The van der Waals surface area contributed by atoms with E-state index < -0.39 is 36.0 Å². The van der Waals surface area contributed by atoms with Crippen LogP contribution in [0.2, 0.25) is 0 Å². The Morgan fingerprint density at radius 1 is 0.938 bits per heavy atom. The topological polar surface area (TPSA) is 178 Å². The van der Waals surface area contributed by atoms with E-state index in [1.54, 1.807) is 13.8 Å². The molecule has 0 spiro atoms. The van der Waals surface area contributed by atoms with E-state index >= 15 is 0 Å². The number of urea groups is 1. The fraction of sp³-hybridized carbons (Fsp3) is 0.500. The molecular weight excluding hydrogens is 422 g/mol. The van der Waals surface area contributed by atoms with Gasteiger partial charge in [-0.05, 0) is 30.7 Å². The average Bonchev–Trinajstić information content (AvgIpc) is 2.79. The fourth-order valence-corrected chi connectivity index (χ4v) is 2.73. The number of unbranched alkanes of at least 4 members (excludes halogenated alkanes) is 1. The predicted octanol–water partition coefficient (Wildman–Crippen LogP) is 0.786. The smallest absolute Gasteiger partial charge is 0.407 e. The Balaban J connectivity index is 2.38. The standard InChI is InChI=1S/C20H31N5O7/c1-13(2)16(18(27)25-31)23-19(28)22-15(17(26)24-30)10-6-7-11-21-20(29)32-12-14-8-4-3-5-9-14/h3-5,8-9,13,15-16,30-31H,6-7,10-12H2,1-2H3,(H,21,29)(H,24,26)(H,25,27)(H2,22,23,28)/t15-,16-/m0/s1. The van der Waals surface area contributed by atoms with E-state index in [0.29, 0.717) is 19.4 Å². The van der Waals surface area contributed by atoms with E-state index in [-0.39, 0.29) is 18.9 Å². The van der Waals surface area contributed by atoms with Crippen LogP contribution in [0.4, 0.5) is 9.59 Å². The maximum Gasteiger partial charge on any atom is 0.407 e. The minimum Gasteiger partial charge on any atom is -0.445 e. The highest BCUT2D eigenvalue weighted by molar-refractivity contribution is 5.89. The monoisotopic (exact) mass is 453 g/mol. The molecule has 0 aliphatic rings. The van der Waals surface area contributed by atoms with E-state index in [4.69, 9.17) is 15.2 Å². The molecule has 0 fully saturated rings. The van der Waals surface area contributed by atoms with Gasteiger partial charge in [0.1, 0.15) is 18.7 Å². The molecule has 0 heterocycles. The Morgan fingerprint density at radius 3 is 2.19 bits per heavy atom. The third-order valence-corrected chi connectivity index (χ3v) is 4.48. The molecule has 0 aromatic heterocycles. The second-order valence-corrected chi connectivity index (χ2v) is 7.33. The Hall–Kier alpha value is -3.38. The van der Waals surface area contributed by atoms with Crippen LogP contribution >= 0.6 is 0 Å². The van der Waals surface area contributed by atoms with E-state index in [1.165, 1.54) is 11.0 Å². The molecule has 0 aliphatic carbocycles. The van der Waals surface area contributed by atoms with Gasteiger partial charge in [0.25, 0.3) is 11.8 Å². The van der Waals surface area contributed by atoms with Gasteiger partial charge in [0.15, 0.2) is 0 Å². The number of hydrogen-bond acceptors (Lipinski definition) is 7. The molecule has 0 saturated heterocycles. The van der Waals surface area contributed by atoms with Crippen LogP contribution in [0.1, 0.15) is 38.7 Å². The third-order valence-electron chi connectivity index (χ3n) is 4.48. The highest BCUT2D eigenvalue weighted by Crippen LogP contribution is 2.04. The zero-order valence-electron chi connectivity index (χ0n) is 18.1. The van der Waals surface area contributed by atoms with Gasteiger partial charge in [0, 0.05) is 6.54 Å². The zero-order valence-corrected chi connectivity index (χ0v) is 18.1. The highest BCUT2D eigenvalue weighted by atomic mass is 16.5. The van der Waals surface area contributed by atoms with Gasteiger partial charge in [-0.3, -0.25) is 20.0 Å². The number of alkyl carbamates (subject to hydrolysis) is 1. The average molecular weight is 453 g/mol. The number of benzene rings is 1. The highest BCUT2D eigenvalue weighted by Gasteiger charge is 2.26. The Morgan fingerprint density at radius 2 is 1.59 bits per heavy atom. The number of amides is 5. The van der Waals surface area contributed by atoms with E-state index in [1.807, 2.05) is 30.3 Å². The number of carbonyl (C=O) groups excluding carboxylic acids is 4. The first-order chi connectivity index (χ1) is 15.3. The molecule has 1 aromatic carbocycles. The van der Waals surface area contributed by atoms with Gasteiger partial charge in [-0.25, -0.2) is 20.5 Å². The first-order valence-corrected chi connectivity index (χ1v) is 10.2. The van der Waals surface area contributed by atoms with Crippen molar-refractivity contribution in [3.05, 3.63) is 35.9 Å². The van der Waals surface area contributed by atoms with Gasteiger partial charge in [-0.2, -0.15) is 0 Å². The van der Waals surface area contributed by atoms with Crippen LogP contribution in [0.15, 0.2) is 30.3 Å². The second-order valence-electron chi connectivity index (χ2n) is 7.33. The number of carbonyl (C=O) groups is 4. The van der Waals surface area contributed by atoms with Crippen molar-refractivity contribution < 1.29 is 34.3 Å². The van der Waals surface area contributed by atoms with Crippen molar-refractivity contribution in [2.24, 2.45) is 5.92 Å². The van der Waals surface area contributed by atoms with Crippen molar-refractivity contribution in [1.29, 1.82) is 0 Å². The van der Waals surface area contributed by atoms with Crippen LogP contribution in [0.5, 0.6) is 0 Å². The van der Waals surface area contributed by atoms with Crippen molar-refractivity contribution in [2.45, 2.75) is 51.8 Å². The lowest BCUT2D eigenvalue weighted by Gasteiger charge is -2.22. The summed E-state index contributed by atoms with van der Waals surface area (Å²) in [6.07, 6.45) is 0.514. The van der Waals surface area contributed by atoms with Crippen LogP contribution in [0.3, 0.4) is 0 Å². The van der Waals surface area contributed by atoms with Crippen molar-refractivity contribution in [1.82, 2.24) is 26.9 Å². The molecule has 5 amide bonds. The number of nitrogens with one attached hydrogen (secondary N) is 5. The van der Waals surface area contributed by atoms with E-state index in [0.717, 1.165) is 5.56 Å². The number of hydrogen-bond donors (Lipinski definition) is 7. The first-order valence-electron chi connectivity index (χ1n) is 10.2. The van der Waals surface area contributed by atoms with Gasteiger partial charge in [-0.1, -0.05) is 44.2 Å². The summed E-state index contributed by atoms with van der Waals surface area (Å²) >= 11 is 0. The van der Waals surface area contributed by atoms with Gasteiger partial charge < -0.3 is 20.7 Å². The Bertz CT molecular complexity index is 745. The second kappa shape index (κ2) is 14.6. The van der Waals surface area contributed by atoms with Gasteiger partial charge in [0.05, 0.1) is 0 Å². The molecule has 0 unspecified atom stereocenters. The normalized spacial score (nSPS) is 12.3. The summed E-state index contributed by atoms with van der Waals surface area (Å²) in [4.78, 5) is 47.3. The molecule has 0 aliphatic heterocycles. The minimum atomic E-state index is -1.07. The van der Waals surface area contributed by atoms with Crippen molar-refractivity contribution in [2.75, 3.05) is 6.54 Å². The SMILES string of the molecule is CC(C)[C@H](NC(=O)N[C@@H](CCCCNC(=O)OCc1ccccc1)C(=O)NO)C(=O)NO. The van der Waals surface area contributed by atoms with Gasteiger partial charge >= 0.3 is 12.1 Å². The lowest BCUT2D eigenvalue weighted by atomic mass is 10.0. The van der Waals surface area contributed by atoms with E-state index in [9.17, 15) is 19.2 Å². The molecule has 12 nitrogen and oxygen atoms in total. The molecule has 7 N–H and O–H groups in total. The predicted molar refractivity (Wildman–Crippen MR) is 112 cm³/mol. The maximum absolute atomic E-state index is 12.2. The zero-order chi connectivity index (χ0) is 23.9. The summed E-state index contributed by atoms with van der Waals surface area (Å²) in [5.41, 5.74) is 3.81. The third kappa shape index (κ3) is 10.1. The van der Waals surface area contributed by atoms with Gasteiger partial charge in [-0.15, -0.1) is 0 Å². The van der Waals surface area contributed by atoms with Crippen molar-refractivity contribution >= 4 is 23.9 Å². The molecular formula is C20H31N5O7. The number of rotatable bonds is 12. The number of hydroxylamine groups is 2. The molecule has 12 heteroatoms. The lowest BCUT2D eigenvalue weighted by Crippen LogP contribution is -2.55. The molecule has 0 radical (unpaired) electrons. The van der Waals surface area contributed by atoms with Crippen LogP contribution in [-0.4, -0.2) is 53.0 Å². The summed E-state index contributed by atoms with van der Waals surface area (Å²) in [5.74, 6) is -1.96. The van der Waals surface area contributed by atoms with Crippen LogP contribution in [-0.2, 0) is 20.9 Å². The number of ether oxygens (including phenoxy) is 1. The fourth-order valence-electron chi connectivity index (χ4n) is 2.73. The molecule has 2 atom stereocenters. The summed E-state index contributed by atoms with van der Waals surface area (Å²) in [6, 6.07) is 6.30. The quantitative estimate of drug-likeness (QED) is 0.139. The summed E-state index contributed by atoms with van der Waals surface area (Å²) in [6.45, 7) is 3.77. The maximum atomic E-state index is 12.2. The Labute approximate surface area is 186 Å². The Kier molecular flexibility index (Phi) is 12.2. The summed E-state index contributed by atoms with van der Waals surface area (Å²) in [7, 11) is 0. The van der Waals surface area contributed by atoms with Crippen LogP contribution in [0.25, 0.3) is 0 Å². The molecule has 0 saturated carbocycles. The molecule has 1 aromatic rings. The summed E-state index contributed by atoms with van der Waals surface area (Å²) in [5, 5.41) is 25.0.